The number of aromatic hydroxyl groups is 1. The molecule has 6 heteroatoms. The van der Waals surface area contributed by atoms with E-state index in [4.69, 9.17) is 4.74 Å². The number of hydrogen-bond acceptors (Lipinski definition) is 6. The third kappa shape index (κ3) is 3.02. The van der Waals surface area contributed by atoms with Gasteiger partial charge in [0.25, 0.3) is 0 Å². The van der Waals surface area contributed by atoms with Gasteiger partial charge >= 0.3 is 5.97 Å². The SMILES string of the molecule is CCOC(=O)c1sc(CC(C)=O)nc1O. The van der Waals surface area contributed by atoms with Gasteiger partial charge in [0.2, 0.25) is 5.88 Å². The molecule has 15 heavy (non-hydrogen) atoms. The Kier molecular flexibility index (Phi) is 3.79. The lowest BCUT2D eigenvalue weighted by atomic mass is 10.3. The Morgan fingerprint density at radius 2 is 2.20 bits per heavy atom. The maximum absolute atomic E-state index is 11.3. The molecule has 0 aliphatic rings. The average Bonchev–Trinajstić information content (AvgIpc) is 2.46. The highest BCUT2D eigenvalue weighted by Gasteiger charge is 2.19. The Labute approximate surface area is 90.7 Å². The molecule has 0 spiro atoms. The lowest BCUT2D eigenvalue weighted by Crippen LogP contribution is -2.02. The van der Waals surface area contributed by atoms with Crippen molar-refractivity contribution in [3.8, 4) is 5.88 Å². The number of thiazole rings is 1. The van der Waals surface area contributed by atoms with Crippen LogP contribution in [-0.4, -0.2) is 28.4 Å². The van der Waals surface area contributed by atoms with E-state index in [1.165, 1.54) is 6.92 Å². The molecule has 0 bridgehead atoms. The van der Waals surface area contributed by atoms with Gasteiger partial charge in [-0.25, -0.2) is 9.78 Å². The number of ketones is 1. The van der Waals surface area contributed by atoms with Crippen LogP contribution in [0.2, 0.25) is 0 Å². The first-order valence-electron chi connectivity index (χ1n) is 4.39. The number of carbonyl (C=O) groups is 2. The van der Waals surface area contributed by atoms with Crippen molar-refractivity contribution in [2.75, 3.05) is 6.61 Å². The minimum absolute atomic E-state index is 0.0492. The Hall–Kier alpha value is -1.43. The zero-order chi connectivity index (χ0) is 11.4. The van der Waals surface area contributed by atoms with Gasteiger partial charge in [-0.2, -0.15) is 0 Å². The van der Waals surface area contributed by atoms with Crippen LogP contribution >= 0.6 is 11.3 Å². The smallest absolute Gasteiger partial charge is 0.353 e. The Morgan fingerprint density at radius 1 is 1.53 bits per heavy atom. The van der Waals surface area contributed by atoms with Crippen molar-refractivity contribution >= 4 is 23.1 Å². The molecule has 0 unspecified atom stereocenters. The third-order valence-electron chi connectivity index (χ3n) is 1.51. The number of Topliss-reactive ketones (excluding diaryl/α,β-unsaturated/α-hetero) is 1. The second-order valence-electron chi connectivity index (χ2n) is 2.86. The fourth-order valence-corrected chi connectivity index (χ4v) is 1.90. The van der Waals surface area contributed by atoms with Crippen molar-refractivity contribution in [2.24, 2.45) is 0 Å². The van der Waals surface area contributed by atoms with E-state index in [2.05, 4.69) is 4.98 Å². The number of esters is 1. The van der Waals surface area contributed by atoms with Crippen LogP contribution in [0.1, 0.15) is 28.5 Å². The van der Waals surface area contributed by atoms with Crippen molar-refractivity contribution in [2.45, 2.75) is 20.3 Å². The van der Waals surface area contributed by atoms with E-state index >= 15 is 0 Å². The second-order valence-corrected chi connectivity index (χ2v) is 3.94. The fraction of sp³-hybridized carbons (Fsp3) is 0.444. The van der Waals surface area contributed by atoms with Gasteiger partial charge in [0.15, 0.2) is 4.88 Å². The lowest BCUT2D eigenvalue weighted by Gasteiger charge is -1.96. The van der Waals surface area contributed by atoms with E-state index in [0.29, 0.717) is 5.01 Å². The highest BCUT2D eigenvalue weighted by molar-refractivity contribution is 7.14. The summed E-state index contributed by atoms with van der Waals surface area (Å²) in [6, 6.07) is 0. The molecule has 0 aliphatic heterocycles. The molecule has 0 aliphatic carbocycles. The number of aromatic nitrogens is 1. The van der Waals surface area contributed by atoms with E-state index < -0.39 is 5.97 Å². The molecule has 0 amide bonds. The third-order valence-corrected chi connectivity index (χ3v) is 2.54. The predicted molar refractivity (Wildman–Crippen MR) is 54.1 cm³/mol. The van der Waals surface area contributed by atoms with E-state index in [0.717, 1.165) is 11.3 Å². The molecule has 1 aromatic heterocycles. The molecule has 1 aromatic rings. The molecule has 0 aromatic carbocycles. The summed E-state index contributed by atoms with van der Waals surface area (Å²) in [6.45, 7) is 3.33. The maximum Gasteiger partial charge on any atom is 0.353 e. The molecule has 82 valence electrons. The number of ether oxygens (including phenoxy) is 1. The van der Waals surface area contributed by atoms with Crippen LogP contribution in [0.4, 0.5) is 0 Å². The van der Waals surface area contributed by atoms with Crippen LogP contribution < -0.4 is 0 Å². The van der Waals surface area contributed by atoms with Crippen molar-refractivity contribution < 1.29 is 19.4 Å². The minimum atomic E-state index is -0.609. The van der Waals surface area contributed by atoms with E-state index in [-0.39, 0.29) is 29.6 Å². The van der Waals surface area contributed by atoms with Gasteiger partial charge in [-0.1, -0.05) is 0 Å². The molecule has 0 atom stereocenters. The van der Waals surface area contributed by atoms with Crippen LogP contribution in [0.5, 0.6) is 5.88 Å². The van der Waals surface area contributed by atoms with E-state index in [1.54, 1.807) is 6.92 Å². The molecular weight excluding hydrogens is 218 g/mol. The summed E-state index contributed by atoms with van der Waals surface area (Å²) in [6.07, 6.45) is 0.123. The molecule has 0 fully saturated rings. The summed E-state index contributed by atoms with van der Waals surface area (Å²) in [5.74, 6) is -1.05. The van der Waals surface area contributed by atoms with E-state index in [9.17, 15) is 14.7 Å². The number of carbonyl (C=O) groups excluding carboxylic acids is 2. The first-order chi connectivity index (χ1) is 7.04. The summed E-state index contributed by atoms with van der Waals surface area (Å²) in [4.78, 5) is 25.8. The van der Waals surface area contributed by atoms with Gasteiger partial charge in [0, 0.05) is 0 Å². The number of nitrogens with zero attached hydrogens (tertiary/aromatic N) is 1. The lowest BCUT2D eigenvalue weighted by molar-refractivity contribution is -0.116. The van der Waals surface area contributed by atoms with Gasteiger partial charge in [-0.3, -0.25) is 4.79 Å². The van der Waals surface area contributed by atoms with E-state index in [1.807, 2.05) is 0 Å². The monoisotopic (exact) mass is 229 g/mol. The van der Waals surface area contributed by atoms with Crippen LogP contribution in [0.3, 0.4) is 0 Å². The summed E-state index contributed by atoms with van der Waals surface area (Å²) in [5, 5.41) is 9.75. The van der Waals surface area contributed by atoms with Gasteiger partial charge in [-0.15, -0.1) is 11.3 Å². The molecule has 1 rings (SSSR count). The van der Waals surface area contributed by atoms with Crippen molar-refractivity contribution in [3.05, 3.63) is 9.88 Å². The largest absolute Gasteiger partial charge is 0.492 e. The predicted octanol–water partition coefficient (Wildman–Crippen LogP) is 1.16. The van der Waals surface area contributed by atoms with Crippen LogP contribution in [0.15, 0.2) is 0 Å². The average molecular weight is 229 g/mol. The minimum Gasteiger partial charge on any atom is -0.492 e. The summed E-state index contributed by atoms with van der Waals surface area (Å²) in [7, 11) is 0. The Morgan fingerprint density at radius 3 is 2.73 bits per heavy atom. The van der Waals surface area contributed by atoms with Gasteiger partial charge < -0.3 is 9.84 Å². The van der Waals surface area contributed by atoms with Crippen molar-refractivity contribution in [1.29, 1.82) is 0 Å². The highest BCUT2D eigenvalue weighted by Crippen LogP contribution is 2.25. The first kappa shape index (κ1) is 11.6. The number of hydrogen-bond donors (Lipinski definition) is 1. The molecule has 5 nitrogen and oxygen atoms in total. The Bertz CT molecular complexity index is 385. The maximum atomic E-state index is 11.3. The van der Waals surface area contributed by atoms with Crippen LogP contribution in [0, 0.1) is 0 Å². The zero-order valence-corrected chi connectivity index (χ0v) is 9.26. The molecular formula is C9H11NO4S. The topological polar surface area (TPSA) is 76.5 Å². The van der Waals surface area contributed by atoms with Crippen molar-refractivity contribution in [1.82, 2.24) is 4.98 Å². The molecule has 1 N–H and O–H groups in total. The Balaban J connectivity index is 2.86. The highest BCUT2D eigenvalue weighted by atomic mass is 32.1. The van der Waals surface area contributed by atoms with Crippen LogP contribution in [0.25, 0.3) is 0 Å². The summed E-state index contributed by atoms with van der Waals surface area (Å²) >= 11 is 0.979. The van der Waals surface area contributed by atoms with Gasteiger partial charge in [-0.05, 0) is 13.8 Å². The standard InChI is InChI=1S/C9H11NO4S/c1-3-14-9(13)7-8(12)10-6(15-7)4-5(2)11/h12H,3-4H2,1-2H3. The molecule has 1 heterocycles. The zero-order valence-electron chi connectivity index (χ0n) is 8.44. The quantitative estimate of drug-likeness (QED) is 0.784. The van der Waals surface area contributed by atoms with Crippen LogP contribution in [-0.2, 0) is 16.0 Å². The first-order valence-corrected chi connectivity index (χ1v) is 5.21. The van der Waals surface area contributed by atoms with Gasteiger partial charge in [0.1, 0.15) is 10.8 Å². The number of rotatable bonds is 4. The second kappa shape index (κ2) is 4.88. The summed E-state index contributed by atoms with van der Waals surface area (Å²) in [5.41, 5.74) is 0. The normalized spacial score (nSPS) is 10.0. The molecule has 0 saturated carbocycles. The van der Waals surface area contributed by atoms with Gasteiger partial charge in [0.05, 0.1) is 13.0 Å². The molecule has 0 radical (unpaired) electrons. The summed E-state index contributed by atoms with van der Waals surface area (Å²) < 4.78 is 4.71. The van der Waals surface area contributed by atoms with Crippen molar-refractivity contribution in [3.63, 3.8) is 0 Å². The molecule has 0 saturated heterocycles. The fourth-order valence-electron chi connectivity index (χ4n) is 0.973.